The molecule has 3 amide bonds. The highest BCUT2D eigenvalue weighted by Crippen LogP contribution is 2.21. The zero-order valence-corrected chi connectivity index (χ0v) is 48.0. The molecule has 0 spiro atoms. The summed E-state index contributed by atoms with van der Waals surface area (Å²) in [5.74, 6) is -6.36. The zero-order valence-electron chi connectivity index (χ0n) is 48.0. The lowest BCUT2D eigenvalue weighted by atomic mass is 9.85. The van der Waals surface area contributed by atoms with Crippen LogP contribution in [0.25, 0.3) is 0 Å². The summed E-state index contributed by atoms with van der Waals surface area (Å²) in [5.41, 5.74) is 12.2. The number of ketones is 4. The first-order valence-corrected chi connectivity index (χ1v) is 29.2. The molecule has 1 unspecified atom stereocenters. The number of imidazole rings is 1. The maximum atomic E-state index is 13.5. The second-order valence-electron chi connectivity index (χ2n) is 20.9. The highest BCUT2D eigenvalue weighted by Gasteiger charge is 2.31. The molecule has 1 heterocycles. The fourth-order valence-electron chi connectivity index (χ4n) is 8.89. The van der Waals surface area contributed by atoms with Gasteiger partial charge in [-0.1, -0.05) is 84.0 Å². The molecule has 1 aromatic rings. The van der Waals surface area contributed by atoms with Crippen LogP contribution < -0.4 is 27.4 Å². The van der Waals surface area contributed by atoms with Crippen LogP contribution in [0.5, 0.6) is 0 Å². The predicted molar refractivity (Wildman–Crippen MR) is 299 cm³/mol. The van der Waals surface area contributed by atoms with E-state index in [1.165, 1.54) is 58.2 Å². The van der Waals surface area contributed by atoms with Crippen LogP contribution in [0, 0.1) is 17.8 Å². The second-order valence-corrected chi connectivity index (χ2v) is 20.9. The third-order valence-electron chi connectivity index (χ3n) is 13.7. The number of hydrogen-bond acceptors (Lipinski definition) is 17. The molecular weight excluding hydrogens is 1040 g/mol. The van der Waals surface area contributed by atoms with E-state index in [0.29, 0.717) is 50.9 Å². The van der Waals surface area contributed by atoms with Crippen LogP contribution in [0.4, 0.5) is 0 Å². The van der Waals surface area contributed by atoms with Crippen LogP contribution >= 0.6 is 0 Å². The Labute approximate surface area is 473 Å². The van der Waals surface area contributed by atoms with Crippen molar-refractivity contribution in [3.05, 3.63) is 18.2 Å². The Kier molecular flexibility index (Phi) is 43.4. The van der Waals surface area contributed by atoms with Gasteiger partial charge in [-0.2, -0.15) is 0 Å². The van der Waals surface area contributed by atoms with E-state index < -0.39 is 53.8 Å². The number of Topliss-reactive ketones (excluding diaryl/α,β-unsaturated/α-hetero) is 4. The molecular formula is C57H99N7O16. The number of nitrogens with two attached hydrogens (primary N) is 2. The van der Waals surface area contributed by atoms with E-state index in [-0.39, 0.29) is 139 Å². The Balaban J connectivity index is 2.08. The Morgan fingerprint density at radius 3 is 1.76 bits per heavy atom. The zero-order chi connectivity index (χ0) is 59.2. The molecule has 80 heavy (non-hydrogen) atoms. The average molecular weight is 1140 g/mol. The average Bonchev–Trinajstić information content (AvgIpc) is 3.93. The molecule has 0 aliphatic rings. The molecule has 23 nitrogen and oxygen atoms in total. The van der Waals surface area contributed by atoms with E-state index in [2.05, 4.69) is 25.9 Å². The third kappa shape index (κ3) is 40.2. The Hall–Kier alpha value is -5.04. The van der Waals surface area contributed by atoms with Gasteiger partial charge in [0.1, 0.15) is 19.0 Å². The molecule has 0 bridgehead atoms. The number of nitrogens with zero attached hydrogens (tertiary/aromatic N) is 1. The number of aliphatic carboxylic acids is 2. The van der Waals surface area contributed by atoms with Crippen LogP contribution in [0.3, 0.4) is 0 Å². The van der Waals surface area contributed by atoms with Crippen molar-refractivity contribution in [2.24, 2.45) is 29.2 Å². The molecule has 0 fully saturated rings. The summed E-state index contributed by atoms with van der Waals surface area (Å²) in [6.07, 6.45) is 20.2. The second kappa shape index (κ2) is 47.6. The van der Waals surface area contributed by atoms with Crippen molar-refractivity contribution in [2.75, 3.05) is 72.5 Å². The number of carbonyl (C=O) groups excluding carboxylic acids is 7. The van der Waals surface area contributed by atoms with Gasteiger partial charge in [0.05, 0.1) is 75.9 Å². The van der Waals surface area contributed by atoms with Crippen molar-refractivity contribution in [3.8, 4) is 0 Å². The summed E-state index contributed by atoms with van der Waals surface area (Å²) in [6, 6.07) is -1.57. The number of primary amides is 1. The van der Waals surface area contributed by atoms with Gasteiger partial charge in [-0.05, 0) is 58.3 Å². The fourth-order valence-corrected chi connectivity index (χ4v) is 8.89. The number of rotatable bonds is 57. The van der Waals surface area contributed by atoms with Crippen LogP contribution in [-0.4, -0.2) is 169 Å². The molecule has 0 saturated carbocycles. The number of unbranched alkanes of at least 4 members (excludes halogenated alkanes) is 14. The standard InChI is InChI=1S/C57H99N7O16/c1-42(34-48(43(2)65)56(59)74)55(73)50(63-38-51(68)49(58)36-45-37-60-41-64-45)22-17-18-26-61-53(70)40-80-33-30-77-28-19-21-47(67)39-79-32-31-78-29-27-62-52(69)25-24-44(57(75)76)35-46(66)20-15-13-11-9-7-5-3-4-6-8-10-12-14-16-23-54(71)72/h37,41-44,48-50,63,65H,3-36,38-40,58H2,1-2H3,(H2,59,74)(H,60,64)(H,61,70)(H,62,69)(H,71,72)(H,75,76)/t42?,43-,44-,48+,49+,50+/m1/s1. The smallest absolute Gasteiger partial charge is 0.306 e. The lowest BCUT2D eigenvalue weighted by molar-refractivity contribution is -0.144. The molecule has 0 aliphatic carbocycles. The maximum absolute atomic E-state index is 13.5. The van der Waals surface area contributed by atoms with Gasteiger partial charge in [0.2, 0.25) is 17.7 Å². The number of carboxylic acid groups (broad SMARTS) is 2. The summed E-state index contributed by atoms with van der Waals surface area (Å²) in [7, 11) is 0. The Morgan fingerprint density at radius 1 is 0.625 bits per heavy atom. The quantitative estimate of drug-likeness (QED) is 0.0406. The number of H-pyrrole nitrogens is 1. The first-order chi connectivity index (χ1) is 38.4. The lowest BCUT2D eigenvalue weighted by Gasteiger charge is -2.25. The number of amides is 3. The van der Waals surface area contributed by atoms with Gasteiger partial charge >= 0.3 is 11.9 Å². The number of carboxylic acids is 2. The van der Waals surface area contributed by atoms with Gasteiger partial charge in [0, 0.05) is 76.0 Å². The van der Waals surface area contributed by atoms with Crippen LogP contribution in [0.1, 0.15) is 180 Å². The number of carbonyl (C=O) groups is 9. The van der Waals surface area contributed by atoms with E-state index in [0.717, 1.165) is 44.9 Å². The van der Waals surface area contributed by atoms with Crippen molar-refractivity contribution < 1.29 is 77.4 Å². The first-order valence-electron chi connectivity index (χ1n) is 29.2. The van der Waals surface area contributed by atoms with Gasteiger partial charge in [-0.3, -0.25) is 43.2 Å². The van der Waals surface area contributed by atoms with Crippen LogP contribution in [-0.2, 0) is 68.5 Å². The largest absolute Gasteiger partial charge is 0.481 e. The van der Waals surface area contributed by atoms with Gasteiger partial charge in [-0.15, -0.1) is 0 Å². The van der Waals surface area contributed by atoms with Crippen molar-refractivity contribution >= 4 is 52.8 Å². The molecule has 0 radical (unpaired) electrons. The van der Waals surface area contributed by atoms with E-state index >= 15 is 0 Å². The number of aromatic amines is 1. The minimum Gasteiger partial charge on any atom is -0.481 e. The predicted octanol–water partition coefficient (Wildman–Crippen LogP) is 4.47. The van der Waals surface area contributed by atoms with Crippen molar-refractivity contribution in [1.82, 2.24) is 25.9 Å². The molecule has 0 aromatic carbocycles. The molecule has 11 N–H and O–H groups in total. The van der Waals surface area contributed by atoms with Crippen LogP contribution in [0.15, 0.2) is 12.5 Å². The van der Waals surface area contributed by atoms with E-state index in [4.69, 9.17) is 35.5 Å². The fraction of sp³-hybridized carbons (Fsp3) is 0.789. The maximum Gasteiger partial charge on any atom is 0.306 e. The third-order valence-corrected chi connectivity index (χ3v) is 13.7. The number of aromatic nitrogens is 2. The summed E-state index contributed by atoms with van der Waals surface area (Å²) in [6.45, 7) is 4.48. The summed E-state index contributed by atoms with van der Waals surface area (Å²) >= 11 is 0. The molecule has 0 aliphatic heterocycles. The number of aliphatic hydroxyl groups excluding tert-OH is 1. The van der Waals surface area contributed by atoms with E-state index in [1.54, 1.807) is 13.1 Å². The van der Waals surface area contributed by atoms with Crippen molar-refractivity contribution in [1.29, 1.82) is 0 Å². The highest BCUT2D eigenvalue weighted by molar-refractivity contribution is 5.89. The number of nitrogens with one attached hydrogen (secondary N) is 4. The minimum atomic E-state index is -1.08. The van der Waals surface area contributed by atoms with Gasteiger partial charge in [0.15, 0.2) is 17.3 Å². The molecule has 458 valence electrons. The highest BCUT2D eigenvalue weighted by atomic mass is 16.5. The molecule has 1 rings (SSSR count). The summed E-state index contributed by atoms with van der Waals surface area (Å²) < 4.78 is 21.7. The van der Waals surface area contributed by atoms with E-state index in [1.807, 2.05) is 0 Å². The minimum absolute atomic E-state index is 0.0178. The van der Waals surface area contributed by atoms with Gasteiger partial charge < -0.3 is 66.7 Å². The monoisotopic (exact) mass is 1140 g/mol. The summed E-state index contributed by atoms with van der Waals surface area (Å²) in [4.78, 5) is 117. The number of ether oxygens (including phenoxy) is 4. The molecule has 23 heteroatoms. The van der Waals surface area contributed by atoms with Gasteiger partial charge in [0.25, 0.3) is 0 Å². The van der Waals surface area contributed by atoms with Crippen molar-refractivity contribution in [2.45, 2.75) is 199 Å². The Morgan fingerprint density at radius 2 is 1.19 bits per heavy atom. The topological polar surface area (TPSA) is 368 Å². The summed E-state index contributed by atoms with van der Waals surface area (Å²) in [5, 5.41) is 36.8. The molecule has 0 saturated heterocycles. The first kappa shape index (κ1) is 73.0. The van der Waals surface area contributed by atoms with E-state index in [9.17, 15) is 53.4 Å². The number of hydrogen-bond donors (Lipinski definition) is 9. The van der Waals surface area contributed by atoms with Crippen molar-refractivity contribution in [3.63, 3.8) is 0 Å². The number of aliphatic hydroxyl groups is 1. The SMILES string of the molecule is CC(C[C@H](C(N)=O)[C@@H](C)O)C(=O)[C@H](CCCCNC(=O)COCCOCCCC(=O)COCCOCCNC(=O)CC[C@H](CC(=O)CCCCCCCCCCCCCCCCC(=O)O)C(=O)O)NCC(=O)[C@@H](N)Cc1cnc[nH]1. The normalized spacial score (nSPS) is 13.7. The van der Waals surface area contributed by atoms with Crippen LogP contribution in [0.2, 0.25) is 0 Å². The molecule has 6 atom stereocenters. The lowest BCUT2D eigenvalue weighted by Crippen LogP contribution is -2.47. The van der Waals surface area contributed by atoms with Gasteiger partial charge in [-0.25, -0.2) is 4.98 Å². The Bertz CT molecular complexity index is 1890. The molecule has 1 aromatic heterocycles.